The molecule has 0 aliphatic heterocycles. The number of rotatable bonds is 4. The topological polar surface area (TPSA) is 67.5 Å². The van der Waals surface area contributed by atoms with Gasteiger partial charge in [0.1, 0.15) is 0 Å². The van der Waals surface area contributed by atoms with Crippen molar-refractivity contribution in [3.8, 4) is 0 Å². The third kappa shape index (κ3) is 3.69. The van der Waals surface area contributed by atoms with Gasteiger partial charge in [-0.25, -0.2) is 0 Å². The van der Waals surface area contributed by atoms with E-state index in [1.54, 1.807) is 30.3 Å². The number of nitro groups is 1. The van der Waals surface area contributed by atoms with E-state index < -0.39 is 4.92 Å². The van der Waals surface area contributed by atoms with Crippen LogP contribution in [0.1, 0.15) is 5.56 Å². The lowest BCUT2D eigenvalue weighted by atomic mass is 10.2. The second-order valence-electron chi connectivity index (χ2n) is 3.84. The van der Waals surface area contributed by atoms with Crippen LogP contribution >= 0.6 is 23.2 Å². The summed E-state index contributed by atoms with van der Waals surface area (Å²) in [5.41, 5.74) is 4.16. The van der Waals surface area contributed by atoms with E-state index in [-0.39, 0.29) is 5.69 Å². The van der Waals surface area contributed by atoms with Crippen LogP contribution in [0.5, 0.6) is 0 Å². The van der Waals surface area contributed by atoms with Crippen LogP contribution in [0.2, 0.25) is 10.0 Å². The van der Waals surface area contributed by atoms with Gasteiger partial charge in [0, 0.05) is 17.2 Å². The molecule has 0 aliphatic carbocycles. The van der Waals surface area contributed by atoms with E-state index in [4.69, 9.17) is 23.2 Å². The van der Waals surface area contributed by atoms with Gasteiger partial charge in [0.2, 0.25) is 0 Å². The Balaban J connectivity index is 2.04. The van der Waals surface area contributed by atoms with Crippen molar-refractivity contribution in [1.29, 1.82) is 0 Å². The number of hydrogen-bond acceptors (Lipinski definition) is 4. The van der Waals surface area contributed by atoms with Crippen LogP contribution in [0.3, 0.4) is 0 Å². The van der Waals surface area contributed by atoms with E-state index in [2.05, 4.69) is 10.5 Å². The molecule has 0 saturated heterocycles. The van der Waals surface area contributed by atoms with Crippen LogP contribution in [0.4, 0.5) is 11.4 Å². The monoisotopic (exact) mass is 309 g/mol. The van der Waals surface area contributed by atoms with Gasteiger partial charge in [-0.1, -0.05) is 23.2 Å². The number of nitrogens with one attached hydrogen (secondary N) is 1. The minimum absolute atomic E-state index is 0.0378. The van der Waals surface area contributed by atoms with Gasteiger partial charge in [-0.05, 0) is 35.9 Å². The van der Waals surface area contributed by atoms with E-state index in [9.17, 15) is 10.1 Å². The highest BCUT2D eigenvalue weighted by Crippen LogP contribution is 2.25. The number of hydrogen-bond donors (Lipinski definition) is 1. The number of nitrogens with zero attached hydrogens (tertiary/aromatic N) is 2. The second-order valence-corrected chi connectivity index (χ2v) is 4.69. The summed E-state index contributed by atoms with van der Waals surface area (Å²) in [5.74, 6) is 0. The minimum atomic E-state index is -0.452. The summed E-state index contributed by atoms with van der Waals surface area (Å²) in [4.78, 5) is 10.1. The van der Waals surface area contributed by atoms with Crippen molar-refractivity contribution in [1.82, 2.24) is 0 Å². The molecule has 0 spiro atoms. The van der Waals surface area contributed by atoms with Crippen molar-refractivity contribution in [3.63, 3.8) is 0 Å². The smallest absolute Gasteiger partial charge is 0.269 e. The largest absolute Gasteiger partial charge is 0.277 e. The maximum Gasteiger partial charge on any atom is 0.269 e. The fraction of sp³-hybridized carbons (Fsp3) is 0. The van der Waals surface area contributed by atoms with Crippen LogP contribution in [0.15, 0.2) is 47.6 Å². The second kappa shape index (κ2) is 6.36. The molecule has 2 rings (SSSR count). The molecular formula is C13H9Cl2N3O2. The molecule has 1 N–H and O–H groups in total. The first-order chi connectivity index (χ1) is 9.56. The molecule has 0 amide bonds. The molecule has 0 atom stereocenters. The Morgan fingerprint density at radius 3 is 2.45 bits per heavy atom. The molecule has 0 unspecified atom stereocenters. The van der Waals surface area contributed by atoms with E-state index in [1.807, 2.05) is 0 Å². The third-order valence-corrected chi connectivity index (χ3v) is 2.98. The number of halogens is 2. The molecular weight excluding hydrogens is 301 g/mol. The zero-order valence-electron chi connectivity index (χ0n) is 10.1. The summed E-state index contributed by atoms with van der Waals surface area (Å²) in [6.45, 7) is 0. The lowest BCUT2D eigenvalue weighted by Crippen LogP contribution is -1.92. The highest BCUT2D eigenvalue weighted by molar-refractivity contribution is 6.36. The van der Waals surface area contributed by atoms with Gasteiger partial charge in [0.05, 0.1) is 21.8 Å². The molecule has 0 fully saturated rings. The predicted molar refractivity (Wildman–Crippen MR) is 80.8 cm³/mol. The lowest BCUT2D eigenvalue weighted by Gasteiger charge is -2.03. The lowest BCUT2D eigenvalue weighted by molar-refractivity contribution is -0.384. The quantitative estimate of drug-likeness (QED) is 0.518. The van der Waals surface area contributed by atoms with Crippen LogP contribution in [-0.4, -0.2) is 11.1 Å². The van der Waals surface area contributed by atoms with Crippen molar-refractivity contribution < 1.29 is 4.92 Å². The van der Waals surface area contributed by atoms with Gasteiger partial charge >= 0.3 is 0 Å². The fourth-order valence-corrected chi connectivity index (χ4v) is 1.89. The molecule has 5 nitrogen and oxygen atoms in total. The van der Waals surface area contributed by atoms with Crippen molar-refractivity contribution >= 4 is 40.8 Å². The molecule has 2 aromatic rings. The number of anilines is 1. The standard InChI is InChI=1S/C13H9Cl2N3O2/c14-10-3-6-13(12(15)7-10)17-16-8-9-1-4-11(5-2-9)18(19)20/h1-8,17H/b16-8+. The van der Waals surface area contributed by atoms with Crippen molar-refractivity contribution in [2.24, 2.45) is 5.10 Å². The van der Waals surface area contributed by atoms with Crippen molar-refractivity contribution in [2.75, 3.05) is 5.43 Å². The number of hydrazone groups is 1. The average molecular weight is 310 g/mol. The van der Waals surface area contributed by atoms with Gasteiger partial charge in [-0.2, -0.15) is 5.10 Å². The Hall–Kier alpha value is -2.11. The predicted octanol–water partition coefficient (Wildman–Crippen LogP) is 4.35. The first-order valence-corrected chi connectivity index (χ1v) is 6.30. The highest BCUT2D eigenvalue weighted by Gasteiger charge is 2.02. The summed E-state index contributed by atoms with van der Waals surface area (Å²) in [7, 11) is 0. The maximum absolute atomic E-state index is 10.5. The molecule has 7 heteroatoms. The Labute approximate surface area is 125 Å². The fourth-order valence-electron chi connectivity index (χ4n) is 1.44. The average Bonchev–Trinajstić information content (AvgIpc) is 2.42. The highest BCUT2D eigenvalue weighted by atomic mass is 35.5. The van der Waals surface area contributed by atoms with Crippen LogP contribution in [-0.2, 0) is 0 Å². The Morgan fingerprint density at radius 2 is 1.85 bits per heavy atom. The minimum Gasteiger partial charge on any atom is -0.277 e. The Bertz CT molecular complexity index is 657. The molecule has 0 aliphatic rings. The SMILES string of the molecule is O=[N+]([O-])c1ccc(/C=N/Nc2ccc(Cl)cc2Cl)cc1. The summed E-state index contributed by atoms with van der Waals surface area (Å²) < 4.78 is 0. The van der Waals surface area contributed by atoms with Gasteiger partial charge in [-0.15, -0.1) is 0 Å². The first-order valence-electron chi connectivity index (χ1n) is 5.55. The third-order valence-electron chi connectivity index (χ3n) is 2.43. The van der Waals surface area contributed by atoms with Crippen LogP contribution < -0.4 is 5.43 Å². The van der Waals surface area contributed by atoms with Gasteiger partial charge in [0.25, 0.3) is 5.69 Å². The molecule has 0 radical (unpaired) electrons. The zero-order chi connectivity index (χ0) is 14.5. The summed E-state index contributed by atoms with van der Waals surface area (Å²) in [6.07, 6.45) is 1.54. The van der Waals surface area contributed by atoms with Crippen LogP contribution in [0.25, 0.3) is 0 Å². The zero-order valence-corrected chi connectivity index (χ0v) is 11.6. The van der Waals surface area contributed by atoms with Crippen molar-refractivity contribution in [2.45, 2.75) is 0 Å². The molecule has 0 heterocycles. The van der Waals surface area contributed by atoms with Gasteiger partial charge in [-0.3, -0.25) is 15.5 Å². The molecule has 0 saturated carbocycles. The van der Waals surface area contributed by atoms with E-state index in [0.29, 0.717) is 15.7 Å². The molecule has 2 aromatic carbocycles. The number of nitro benzene ring substituents is 1. The molecule has 20 heavy (non-hydrogen) atoms. The molecule has 0 aromatic heterocycles. The van der Waals surface area contributed by atoms with E-state index in [1.165, 1.54) is 18.3 Å². The number of benzene rings is 2. The Morgan fingerprint density at radius 1 is 1.15 bits per heavy atom. The van der Waals surface area contributed by atoms with E-state index >= 15 is 0 Å². The first kappa shape index (κ1) is 14.3. The summed E-state index contributed by atoms with van der Waals surface area (Å²) in [6, 6.07) is 11.0. The summed E-state index contributed by atoms with van der Waals surface area (Å²) in [5, 5.41) is 15.5. The van der Waals surface area contributed by atoms with Gasteiger partial charge < -0.3 is 0 Å². The normalized spacial score (nSPS) is 10.7. The van der Waals surface area contributed by atoms with Crippen molar-refractivity contribution in [3.05, 3.63) is 68.2 Å². The Kier molecular flexibility index (Phi) is 4.55. The molecule has 102 valence electrons. The maximum atomic E-state index is 10.5. The van der Waals surface area contributed by atoms with E-state index in [0.717, 1.165) is 5.56 Å². The van der Waals surface area contributed by atoms with Gasteiger partial charge in [0.15, 0.2) is 0 Å². The summed E-state index contributed by atoms with van der Waals surface area (Å²) >= 11 is 11.8. The molecule has 0 bridgehead atoms. The number of non-ortho nitro benzene ring substituents is 1. The van der Waals surface area contributed by atoms with Crippen LogP contribution in [0, 0.1) is 10.1 Å².